The normalized spacial score (nSPS) is 13.6. The second-order valence-corrected chi connectivity index (χ2v) is 5.69. The van der Waals surface area contributed by atoms with E-state index in [1.807, 2.05) is 13.8 Å². The predicted molar refractivity (Wildman–Crippen MR) is 73.1 cm³/mol. The first-order valence-electron chi connectivity index (χ1n) is 6.12. The zero-order valence-corrected chi connectivity index (χ0v) is 12.1. The SMILES string of the molecule is CCC(C)C(NC(=O)NCc1cnc(C)s1)C(=O)O. The summed E-state index contributed by atoms with van der Waals surface area (Å²) in [7, 11) is 0. The van der Waals surface area contributed by atoms with Gasteiger partial charge in [0.05, 0.1) is 11.6 Å². The Morgan fingerprint density at radius 1 is 1.53 bits per heavy atom. The van der Waals surface area contributed by atoms with Gasteiger partial charge in [-0.25, -0.2) is 14.6 Å². The smallest absolute Gasteiger partial charge is 0.326 e. The van der Waals surface area contributed by atoms with Crippen LogP contribution in [0.1, 0.15) is 30.2 Å². The number of carbonyl (C=O) groups is 2. The zero-order valence-electron chi connectivity index (χ0n) is 11.3. The summed E-state index contributed by atoms with van der Waals surface area (Å²) >= 11 is 1.50. The molecule has 0 aliphatic heterocycles. The van der Waals surface area contributed by atoms with E-state index in [4.69, 9.17) is 5.11 Å². The third kappa shape index (κ3) is 4.86. The molecule has 0 radical (unpaired) electrons. The van der Waals surface area contributed by atoms with Crippen molar-refractivity contribution in [2.45, 2.75) is 39.8 Å². The van der Waals surface area contributed by atoms with Gasteiger partial charge in [0.2, 0.25) is 0 Å². The molecular weight excluding hydrogens is 266 g/mol. The minimum atomic E-state index is -1.02. The summed E-state index contributed by atoms with van der Waals surface area (Å²) in [4.78, 5) is 27.7. The molecule has 2 amide bonds. The van der Waals surface area contributed by atoms with Crippen LogP contribution in [0.3, 0.4) is 0 Å². The van der Waals surface area contributed by atoms with Gasteiger partial charge in [-0.05, 0) is 12.8 Å². The highest BCUT2D eigenvalue weighted by Crippen LogP contribution is 2.11. The van der Waals surface area contributed by atoms with Crippen molar-refractivity contribution in [2.24, 2.45) is 5.92 Å². The number of nitrogens with zero attached hydrogens (tertiary/aromatic N) is 1. The number of thiazole rings is 1. The van der Waals surface area contributed by atoms with E-state index in [1.54, 1.807) is 13.1 Å². The summed E-state index contributed by atoms with van der Waals surface area (Å²) < 4.78 is 0. The number of urea groups is 1. The number of carboxylic acids is 1. The van der Waals surface area contributed by atoms with E-state index in [0.29, 0.717) is 13.0 Å². The molecule has 1 rings (SSSR count). The van der Waals surface area contributed by atoms with Crippen LogP contribution < -0.4 is 10.6 Å². The standard InChI is InChI=1S/C12H19N3O3S/c1-4-7(2)10(11(16)17)15-12(18)14-6-9-5-13-8(3)19-9/h5,7,10H,4,6H2,1-3H3,(H,16,17)(H2,14,15,18). The van der Waals surface area contributed by atoms with Gasteiger partial charge in [-0.2, -0.15) is 0 Å². The number of hydrogen-bond acceptors (Lipinski definition) is 4. The second kappa shape index (κ2) is 7.08. The first-order chi connectivity index (χ1) is 8.93. The number of nitrogens with one attached hydrogen (secondary N) is 2. The second-order valence-electron chi connectivity index (χ2n) is 4.37. The number of carboxylic acid groups (broad SMARTS) is 1. The molecule has 1 aromatic heterocycles. The highest BCUT2D eigenvalue weighted by molar-refractivity contribution is 7.11. The number of carbonyl (C=O) groups excluding carboxylic acids is 1. The van der Waals surface area contributed by atoms with Gasteiger partial charge < -0.3 is 15.7 Å². The highest BCUT2D eigenvalue weighted by Gasteiger charge is 2.25. The van der Waals surface area contributed by atoms with Gasteiger partial charge in [-0.15, -0.1) is 11.3 Å². The van der Waals surface area contributed by atoms with Gasteiger partial charge in [0.1, 0.15) is 6.04 Å². The van der Waals surface area contributed by atoms with Crippen LogP contribution in [0.25, 0.3) is 0 Å². The van der Waals surface area contributed by atoms with Crippen LogP contribution in [0.5, 0.6) is 0 Å². The van der Waals surface area contributed by atoms with Crippen LogP contribution >= 0.6 is 11.3 Å². The monoisotopic (exact) mass is 285 g/mol. The summed E-state index contributed by atoms with van der Waals surface area (Å²) in [5, 5.41) is 15.1. The molecule has 2 unspecified atom stereocenters. The molecule has 0 spiro atoms. The lowest BCUT2D eigenvalue weighted by atomic mass is 9.99. The van der Waals surface area contributed by atoms with E-state index < -0.39 is 18.0 Å². The molecule has 0 bridgehead atoms. The summed E-state index contributed by atoms with van der Waals surface area (Å²) in [6, 6.07) is -1.34. The number of aryl methyl sites for hydroxylation is 1. The molecule has 0 aliphatic carbocycles. The van der Waals surface area contributed by atoms with Crippen LogP contribution in [0.4, 0.5) is 4.79 Å². The number of amides is 2. The fraction of sp³-hybridized carbons (Fsp3) is 0.583. The predicted octanol–water partition coefficient (Wildman–Crippen LogP) is 1.75. The Morgan fingerprint density at radius 2 is 2.21 bits per heavy atom. The van der Waals surface area contributed by atoms with Gasteiger partial charge in [0.15, 0.2) is 0 Å². The lowest BCUT2D eigenvalue weighted by molar-refractivity contribution is -0.140. The fourth-order valence-corrected chi connectivity index (χ4v) is 2.26. The van der Waals surface area contributed by atoms with Crippen molar-refractivity contribution in [2.75, 3.05) is 0 Å². The van der Waals surface area contributed by atoms with Crippen LogP contribution in [0.15, 0.2) is 6.20 Å². The summed E-state index contributed by atoms with van der Waals surface area (Å²) in [5.74, 6) is -1.13. The Hall–Kier alpha value is -1.63. The van der Waals surface area contributed by atoms with Gasteiger partial charge >= 0.3 is 12.0 Å². The van der Waals surface area contributed by atoms with E-state index in [2.05, 4.69) is 15.6 Å². The molecule has 6 nitrogen and oxygen atoms in total. The molecule has 0 fully saturated rings. The minimum Gasteiger partial charge on any atom is -0.480 e. The van der Waals surface area contributed by atoms with Crippen LogP contribution in [-0.2, 0) is 11.3 Å². The van der Waals surface area contributed by atoms with Crippen molar-refractivity contribution in [1.29, 1.82) is 0 Å². The van der Waals surface area contributed by atoms with Crippen molar-refractivity contribution in [1.82, 2.24) is 15.6 Å². The summed E-state index contributed by atoms with van der Waals surface area (Å²) in [6.45, 7) is 5.92. The zero-order chi connectivity index (χ0) is 14.4. The van der Waals surface area contributed by atoms with Crippen molar-refractivity contribution in [3.8, 4) is 0 Å². The number of aromatic nitrogens is 1. The molecule has 2 atom stereocenters. The van der Waals surface area contributed by atoms with Crippen LogP contribution in [0, 0.1) is 12.8 Å². The molecule has 7 heteroatoms. The lowest BCUT2D eigenvalue weighted by Crippen LogP contribution is -2.48. The Morgan fingerprint density at radius 3 is 2.68 bits per heavy atom. The number of hydrogen-bond donors (Lipinski definition) is 3. The molecule has 0 saturated heterocycles. The minimum absolute atomic E-state index is 0.117. The molecule has 3 N–H and O–H groups in total. The third-order valence-electron chi connectivity index (χ3n) is 2.86. The average Bonchev–Trinajstić information content (AvgIpc) is 2.78. The third-order valence-corrected chi connectivity index (χ3v) is 3.77. The molecule has 0 aromatic carbocycles. The Kier molecular flexibility index (Phi) is 5.75. The first-order valence-corrected chi connectivity index (χ1v) is 6.94. The molecule has 19 heavy (non-hydrogen) atoms. The molecule has 1 aromatic rings. The van der Waals surface area contributed by atoms with Crippen LogP contribution in [0.2, 0.25) is 0 Å². The Labute approximate surface area is 116 Å². The largest absolute Gasteiger partial charge is 0.480 e. The maximum absolute atomic E-state index is 11.7. The number of rotatable bonds is 6. The molecular formula is C12H19N3O3S. The van der Waals surface area contributed by atoms with E-state index >= 15 is 0 Å². The molecule has 1 heterocycles. The average molecular weight is 285 g/mol. The first kappa shape index (κ1) is 15.4. The lowest BCUT2D eigenvalue weighted by Gasteiger charge is -2.20. The molecule has 0 saturated carbocycles. The van der Waals surface area contributed by atoms with E-state index in [1.165, 1.54) is 11.3 Å². The van der Waals surface area contributed by atoms with E-state index in [-0.39, 0.29) is 5.92 Å². The number of aliphatic carboxylic acids is 1. The maximum Gasteiger partial charge on any atom is 0.326 e. The van der Waals surface area contributed by atoms with Crippen molar-refractivity contribution in [3.63, 3.8) is 0 Å². The van der Waals surface area contributed by atoms with Crippen molar-refractivity contribution in [3.05, 3.63) is 16.1 Å². The van der Waals surface area contributed by atoms with E-state index in [9.17, 15) is 9.59 Å². The highest BCUT2D eigenvalue weighted by atomic mass is 32.1. The van der Waals surface area contributed by atoms with Crippen molar-refractivity contribution < 1.29 is 14.7 Å². The van der Waals surface area contributed by atoms with Crippen LogP contribution in [-0.4, -0.2) is 28.1 Å². The molecule has 0 aliphatic rings. The van der Waals surface area contributed by atoms with Gasteiger partial charge in [-0.1, -0.05) is 20.3 Å². The van der Waals surface area contributed by atoms with Crippen molar-refractivity contribution >= 4 is 23.3 Å². The topological polar surface area (TPSA) is 91.3 Å². The maximum atomic E-state index is 11.7. The van der Waals surface area contributed by atoms with Gasteiger partial charge in [0, 0.05) is 11.1 Å². The van der Waals surface area contributed by atoms with Gasteiger partial charge in [0.25, 0.3) is 0 Å². The fourth-order valence-electron chi connectivity index (χ4n) is 1.53. The Balaban J connectivity index is 2.46. The summed E-state index contributed by atoms with van der Waals surface area (Å²) in [6.07, 6.45) is 2.38. The quantitative estimate of drug-likeness (QED) is 0.742. The summed E-state index contributed by atoms with van der Waals surface area (Å²) in [5.41, 5.74) is 0. The van der Waals surface area contributed by atoms with E-state index in [0.717, 1.165) is 9.88 Å². The molecule has 106 valence electrons. The van der Waals surface area contributed by atoms with Gasteiger partial charge in [-0.3, -0.25) is 0 Å². The Bertz CT molecular complexity index is 447.